The lowest BCUT2D eigenvalue weighted by atomic mass is 9.53. The fourth-order valence-corrected chi connectivity index (χ4v) is 15.1. The number of imide groups is 2. The molecule has 13 unspecified atom stereocenters. The van der Waals surface area contributed by atoms with Gasteiger partial charge in [-0.2, -0.15) is 0 Å². The lowest BCUT2D eigenvalue weighted by Crippen LogP contribution is -2.72. The standard InChI is InChI=1S/C23H21N3O8.C18H15NO6.C12H8O4.C6H7NO2.2C5H6N2O2/c1-25-9(28)5-8(27)12-10-6-4-7-11-13-16(26(2)23(31)24-21(13)29)19(11)33-17(7)20(32-3)18(6)34-22(30)14(10)15(12)25;1-19-10(21)6-9(20)12-11-8-5-7-3-4-24-15(7)17(23-2)16(8)25-18(22)13(11)14(12)19;1-14-12-10-8(4-5-15-10)6-7-2-3-9(13)16-11(7)12;1-4-2-3-5(8)7-6(4)9;2*1-7-3-2-4(8)6-5(7)9/h4,10-16,19H,5H2,1-3H3,(H,24,29,31);3-5,11-14H,6H2,1-2H3;2-6H,1H3;2-4H,1H3,(H,7,8,9);2*2-3H,1H3,(H,6,8,9). The molecule has 33 heteroatoms. The number of likely N-dealkylation sites (N-methyl/N-ethyl adjacent to an activating group) is 1. The minimum Gasteiger partial charge on any atom is -0.490 e. The molecule has 10 aliphatic rings. The van der Waals surface area contributed by atoms with Crippen molar-refractivity contribution in [1.82, 2.24) is 44.4 Å². The predicted octanol–water partition coefficient (Wildman–Crippen LogP) is 1.79. The highest BCUT2D eigenvalue weighted by atomic mass is 16.6. The van der Waals surface area contributed by atoms with Gasteiger partial charge in [0, 0.05) is 134 Å². The highest BCUT2D eigenvalue weighted by Crippen LogP contribution is 2.66. The van der Waals surface area contributed by atoms with Crippen LogP contribution in [0.4, 0.5) is 4.79 Å². The number of aryl methyl sites for hydroxylation is 2. The van der Waals surface area contributed by atoms with Crippen molar-refractivity contribution in [3.8, 4) is 34.5 Å². The second kappa shape index (κ2) is 26.0. The quantitative estimate of drug-likeness (QED) is 0.0644. The fraction of sp³-hybridized carbons (Fsp3) is 0.348. The molecular formula is C69H63N9O24. The van der Waals surface area contributed by atoms with Crippen LogP contribution in [0.15, 0.2) is 129 Å². The summed E-state index contributed by atoms with van der Waals surface area (Å²) in [4.78, 5) is 183. The first-order chi connectivity index (χ1) is 48.7. The van der Waals surface area contributed by atoms with Crippen molar-refractivity contribution >= 4 is 92.0 Å². The van der Waals surface area contributed by atoms with Crippen LogP contribution in [0, 0.1) is 35.5 Å². The van der Waals surface area contributed by atoms with E-state index in [9.17, 15) is 71.9 Å². The topological polar surface area (TPSA) is 426 Å². The number of fused-ring (bicyclic) bond motifs is 21. The summed E-state index contributed by atoms with van der Waals surface area (Å²) < 4.78 is 52.2. The van der Waals surface area contributed by atoms with E-state index in [4.69, 9.17) is 41.7 Å². The van der Waals surface area contributed by atoms with Gasteiger partial charge in [-0.05, 0) is 36.4 Å². The Morgan fingerprint density at radius 1 is 0.471 bits per heavy atom. The van der Waals surface area contributed by atoms with Gasteiger partial charge in [0.15, 0.2) is 34.0 Å². The molecule has 0 bridgehead atoms. The molecular weight excluding hydrogens is 1340 g/mol. The first-order valence-corrected chi connectivity index (χ1v) is 31.8. The van der Waals surface area contributed by atoms with Crippen LogP contribution in [0.1, 0.15) is 54.2 Å². The summed E-state index contributed by atoms with van der Waals surface area (Å²) in [6.45, 7) is 1.73. The molecule has 7 aliphatic heterocycles. The zero-order valence-corrected chi connectivity index (χ0v) is 55.6. The molecule has 5 aromatic heterocycles. The van der Waals surface area contributed by atoms with Crippen LogP contribution in [-0.2, 0) is 57.2 Å². The number of rotatable bonds is 3. The molecule has 3 saturated heterocycles. The molecule has 3 saturated carbocycles. The summed E-state index contributed by atoms with van der Waals surface area (Å²) in [6.07, 6.45) is 8.17. The van der Waals surface area contributed by atoms with Crippen molar-refractivity contribution in [2.24, 2.45) is 49.6 Å². The summed E-state index contributed by atoms with van der Waals surface area (Å²) >= 11 is 0. The van der Waals surface area contributed by atoms with Crippen molar-refractivity contribution < 1.29 is 89.6 Å². The number of methoxy groups -OCH3 is 3. The average Bonchev–Trinajstić information content (AvgIpc) is 1.17. The summed E-state index contributed by atoms with van der Waals surface area (Å²) in [5.41, 5.74) is 1.77. The number of esters is 2. The van der Waals surface area contributed by atoms with Crippen molar-refractivity contribution in [2.75, 3.05) is 42.5 Å². The smallest absolute Gasteiger partial charge is 0.336 e. The van der Waals surface area contributed by atoms with E-state index in [0.29, 0.717) is 45.3 Å². The summed E-state index contributed by atoms with van der Waals surface area (Å²) in [5, 5.41) is 7.10. The van der Waals surface area contributed by atoms with Gasteiger partial charge in [0.05, 0.1) is 88.5 Å². The Labute approximate surface area is 572 Å². The number of nitrogens with one attached hydrogen (secondary N) is 4. The van der Waals surface area contributed by atoms with Crippen LogP contribution in [0.25, 0.3) is 32.9 Å². The minimum absolute atomic E-state index is 0.110. The van der Waals surface area contributed by atoms with Crippen molar-refractivity contribution in [3.63, 3.8) is 0 Å². The average molecular weight is 1400 g/mol. The number of H-pyrrole nitrogens is 2. The number of aromatic nitrogens is 4. The molecule has 12 heterocycles. The number of carbonyl (C=O) groups excluding carboxylic acids is 10. The molecule has 6 fully saturated rings. The molecule has 7 amide bonds. The van der Waals surface area contributed by atoms with E-state index in [-0.39, 0.29) is 112 Å². The number of likely N-dealkylation sites (tertiary alicyclic amines) is 2. The number of Topliss-reactive ketones (excluding diaryl/α,β-unsaturated/α-hetero) is 2. The van der Waals surface area contributed by atoms with E-state index in [0.717, 1.165) is 27.3 Å². The number of hydrogen-bond donors (Lipinski definition) is 4. The molecule has 3 aromatic carbocycles. The number of aromatic amines is 2. The molecule has 4 N–H and O–H groups in total. The van der Waals surface area contributed by atoms with Gasteiger partial charge in [-0.25, -0.2) is 19.2 Å². The lowest BCUT2D eigenvalue weighted by molar-refractivity contribution is -0.172. The van der Waals surface area contributed by atoms with Crippen LogP contribution in [0.5, 0.6) is 34.5 Å². The van der Waals surface area contributed by atoms with Gasteiger partial charge in [0.1, 0.15) is 17.7 Å². The maximum Gasteiger partial charge on any atom is 0.336 e. The van der Waals surface area contributed by atoms with Crippen LogP contribution < -0.4 is 67.2 Å². The van der Waals surface area contributed by atoms with Crippen LogP contribution in [0.2, 0.25) is 0 Å². The number of ether oxygens (including phenoxy) is 6. The second-order valence-corrected chi connectivity index (χ2v) is 25.6. The first-order valence-electron chi connectivity index (χ1n) is 31.8. The molecule has 8 aromatic rings. The molecule has 18 rings (SSSR count). The molecule has 13 atom stereocenters. The normalized spacial score (nSPS) is 26.0. The number of carbonyl (C=O) groups is 10. The number of urea groups is 1. The molecule has 528 valence electrons. The number of nitrogens with zero attached hydrogens (tertiary/aromatic N) is 5. The largest absolute Gasteiger partial charge is 0.490 e. The molecule has 33 nitrogen and oxygen atoms in total. The van der Waals surface area contributed by atoms with Crippen molar-refractivity contribution in [3.05, 3.63) is 160 Å². The highest BCUT2D eigenvalue weighted by Gasteiger charge is 2.69. The van der Waals surface area contributed by atoms with Crippen LogP contribution in [0.3, 0.4) is 0 Å². The highest BCUT2D eigenvalue weighted by molar-refractivity contribution is 6.08. The number of piperidine rings is 2. The lowest BCUT2D eigenvalue weighted by Gasteiger charge is -2.57. The first kappa shape index (κ1) is 68.1. The number of benzene rings is 3. The zero-order chi connectivity index (χ0) is 72.9. The van der Waals surface area contributed by atoms with Crippen molar-refractivity contribution in [2.45, 2.75) is 61.7 Å². The Morgan fingerprint density at radius 2 is 0.971 bits per heavy atom. The minimum atomic E-state index is -0.646. The van der Waals surface area contributed by atoms with Gasteiger partial charge in [-0.3, -0.25) is 73.3 Å². The monoisotopic (exact) mass is 1400 g/mol. The van der Waals surface area contributed by atoms with Gasteiger partial charge in [-0.1, -0.05) is 13.0 Å². The molecule has 0 radical (unpaired) electrons. The summed E-state index contributed by atoms with van der Waals surface area (Å²) in [6, 6.07) is 13.1. The van der Waals surface area contributed by atoms with Gasteiger partial charge in [0.2, 0.25) is 46.8 Å². The van der Waals surface area contributed by atoms with E-state index >= 15 is 0 Å². The van der Waals surface area contributed by atoms with Gasteiger partial charge < -0.3 is 65.5 Å². The predicted molar refractivity (Wildman–Crippen MR) is 349 cm³/mol. The van der Waals surface area contributed by atoms with Crippen LogP contribution >= 0.6 is 0 Å². The van der Waals surface area contributed by atoms with Crippen LogP contribution in [-0.4, -0.2) is 160 Å². The van der Waals surface area contributed by atoms with Gasteiger partial charge in [0.25, 0.3) is 11.1 Å². The van der Waals surface area contributed by atoms with E-state index < -0.39 is 77.4 Å². The number of furan rings is 2. The Hall–Kier alpha value is -12.5. The Kier molecular flexibility index (Phi) is 17.4. The maximum absolute atomic E-state index is 13.0. The number of hydrogen-bond acceptors (Lipinski definition) is 24. The second-order valence-electron chi connectivity index (χ2n) is 25.6. The fourth-order valence-electron chi connectivity index (χ4n) is 15.1. The number of ketones is 2. The Bertz CT molecular complexity index is 5240. The third kappa shape index (κ3) is 11.2. The number of amides is 7. The SMILES string of the molecule is CC1C=CC(=O)NC1=O.COc1c2c(cc3c1OC(=O)C1C3C3C(=O)CC(=O)N(C)C31)C1C(O2)C2C1C(=O)NC(=O)N2C.COc1c2c(cc3ccoc13)C1C3C(=O)CC(=O)N(C)C3C1C(=O)O2.COc1c2occc2cc2ccc(=O)oc12.Cn1ccc(=O)[nH]c1=O.Cn1ccc(=O)[nH]c1=O. The third-order valence-electron chi connectivity index (χ3n) is 20.1. The summed E-state index contributed by atoms with van der Waals surface area (Å²) in [7, 11) is 12.5. The van der Waals surface area contributed by atoms with E-state index in [2.05, 4.69) is 20.6 Å². The Balaban J connectivity index is 0.000000119. The third-order valence-corrected chi connectivity index (χ3v) is 20.1. The van der Waals surface area contributed by atoms with Gasteiger partial charge in [-0.15, -0.1) is 0 Å². The zero-order valence-electron chi connectivity index (χ0n) is 55.6. The van der Waals surface area contributed by atoms with E-state index in [1.165, 1.54) is 81.8 Å². The van der Waals surface area contributed by atoms with E-state index in [1.54, 1.807) is 72.9 Å². The molecule has 102 heavy (non-hydrogen) atoms. The maximum atomic E-state index is 13.0. The van der Waals surface area contributed by atoms with Crippen molar-refractivity contribution in [1.29, 1.82) is 0 Å². The molecule has 3 aliphatic carbocycles. The van der Waals surface area contributed by atoms with E-state index in [1.807, 2.05) is 24.3 Å². The summed E-state index contributed by atoms with van der Waals surface area (Å²) in [5.74, 6) is -4.40. The van der Waals surface area contributed by atoms with Gasteiger partial charge >= 0.3 is 35.0 Å². The molecule has 0 spiro atoms. The Morgan fingerprint density at radius 3 is 1.48 bits per heavy atom.